The van der Waals surface area contributed by atoms with Crippen molar-refractivity contribution in [3.05, 3.63) is 42.0 Å². The summed E-state index contributed by atoms with van der Waals surface area (Å²) in [6.07, 6.45) is 7.17. The number of benzene rings is 1. The third-order valence-electron chi connectivity index (χ3n) is 4.10. The summed E-state index contributed by atoms with van der Waals surface area (Å²) in [5, 5.41) is 3.64. The van der Waals surface area contributed by atoms with Crippen molar-refractivity contribution in [2.75, 3.05) is 26.2 Å². The lowest BCUT2D eigenvalue weighted by molar-refractivity contribution is 0.191. The standard InChI is InChI=1S/C19H30N2/c1-19(2,3)20-16-18-11-14-21(15-12-18)13-7-10-17-8-5-4-6-9-17/h4-10,18,20H,11-16H2,1-3H3. The van der Waals surface area contributed by atoms with Gasteiger partial charge in [0, 0.05) is 12.1 Å². The molecule has 0 saturated carbocycles. The molecule has 0 atom stereocenters. The van der Waals surface area contributed by atoms with Crippen LogP contribution < -0.4 is 5.32 Å². The van der Waals surface area contributed by atoms with Crippen molar-refractivity contribution in [1.82, 2.24) is 10.2 Å². The van der Waals surface area contributed by atoms with Gasteiger partial charge in [0.2, 0.25) is 0 Å². The van der Waals surface area contributed by atoms with Crippen molar-refractivity contribution >= 4 is 6.08 Å². The fraction of sp³-hybridized carbons (Fsp3) is 0.579. The molecule has 0 radical (unpaired) electrons. The maximum atomic E-state index is 3.64. The first-order chi connectivity index (χ1) is 10.0. The van der Waals surface area contributed by atoms with Gasteiger partial charge in [0.15, 0.2) is 0 Å². The van der Waals surface area contributed by atoms with Crippen molar-refractivity contribution in [3.8, 4) is 0 Å². The molecule has 2 nitrogen and oxygen atoms in total. The predicted octanol–water partition coefficient (Wildman–Crippen LogP) is 3.80. The molecule has 21 heavy (non-hydrogen) atoms. The highest BCUT2D eigenvalue weighted by Gasteiger charge is 2.19. The number of nitrogens with zero attached hydrogens (tertiary/aromatic N) is 1. The van der Waals surface area contributed by atoms with E-state index >= 15 is 0 Å². The number of likely N-dealkylation sites (tertiary alicyclic amines) is 1. The van der Waals surface area contributed by atoms with Gasteiger partial charge in [-0.2, -0.15) is 0 Å². The molecule has 0 amide bonds. The molecule has 1 heterocycles. The maximum Gasteiger partial charge on any atom is 0.0166 e. The first-order valence-electron chi connectivity index (χ1n) is 8.22. The summed E-state index contributed by atoms with van der Waals surface area (Å²) in [5.41, 5.74) is 1.54. The van der Waals surface area contributed by atoms with Crippen LogP contribution in [0.25, 0.3) is 6.08 Å². The molecular formula is C19H30N2. The van der Waals surface area contributed by atoms with E-state index in [1.807, 2.05) is 0 Å². The molecule has 0 bridgehead atoms. The van der Waals surface area contributed by atoms with Crippen LogP contribution in [0.4, 0.5) is 0 Å². The number of hydrogen-bond donors (Lipinski definition) is 1. The lowest BCUT2D eigenvalue weighted by Crippen LogP contribution is -2.42. The summed E-state index contributed by atoms with van der Waals surface area (Å²) in [6, 6.07) is 10.6. The molecule has 1 fully saturated rings. The minimum absolute atomic E-state index is 0.246. The van der Waals surface area contributed by atoms with Crippen LogP contribution in [-0.2, 0) is 0 Å². The fourth-order valence-corrected chi connectivity index (χ4v) is 2.73. The van der Waals surface area contributed by atoms with Crippen LogP contribution in [0.1, 0.15) is 39.2 Å². The van der Waals surface area contributed by atoms with Crippen molar-refractivity contribution in [2.24, 2.45) is 5.92 Å². The van der Waals surface area contributed by atoms with Crippen molar-refractivity contribution in [1.29, 1.82) is 0 Å². The molecule has 0 aliphatic carbocycles. The number of nitrogens with one attached hydrogen (secondary N) is 1. The smallest absolute Gasteiger partial charge is 0.0166 e. The van der Waals surface area contributed by atoms with Crippen LogP contribution in [0.15, 0.2) is 36.4 Å². The number of rotatable bonds is 5. The normalized spacial score (nSPS) is 18.4. The lowest BCUT2D eigenvalue weighted by Gasteiger charge is -2.33. The fourth-order valence-electron chi connectivity index (χ4n) is 2.73. The Balaban J connectivity index is 1.66. The average molecular weight is 286 g/mol. The summed E-state index contributed by atoms with van der Waals surface area (Å²) in [5.74, 6) is 0.846. The molecule has 0 unspecified atom stereocenters. The third kappa shape index (κ3) is 6.45. The molecule has 1 saturated heterocycles. The monoisotopic (exact) mass is 286 g/mol. The van der Waals surface area contributed by atoms with Gasteiger partial charge in [-0.3, -0.25) is 4.90 Å². The van der Waals surface area contributed by atoms with Crippen LogP contribution >= 0.6 is 0 Å². The van der Waals surface area contributed by atoms with Gasteiger partial charge in [-0.05, 0) is 64.7 Å². The van der Waals surface area contributed by atoms with E-state index in [1.165, 1.54) is 31.5 Å². The van der Waals surface area contributed by atoms with Gasteiger partial charge < -0.3 is 5.32 Å². The second kappa shape index (κ2) is 7.77. The van der Waals surface area contributed by atoms with E-state index in [0.29, 0.717) is 0 Å². The van der Waals surface area contributed by atoms with Gasteiger partial charge >= 0.3 is 0 Å². The van der Waals surface area contributed by atoms with E-state index < -0.39 is 0 Å². The number of hydrogen-bond acceptors (Lipinski definition) is 2. The van der Waals surface area contributed by atoms with Crippen LogP contribution in [-0.4, -0.2) is 36.6 Å². The summed E-state index contributed by atoms with van der Waals surface area (Å²) in [7, 11) is 0. The van der Waals surface area contributed by atoms with E-state index in [1.54, 1.807) is 0 Å². The van der Waals surface area contributed by atoms with Gasteiger partial charge in [-0.25, -0.2) is 0 Å². The van der Waals surface area contributed by atoms with E-state index in [2.05, 4.69) is 73.5 Å². The first-order valence-corrected chi connectivity index (χ1v) is 8.22. The zero-order chi connectivity index (χ0) is 15.1. The Morgan fingerprint density at radius 3 is 2.43 bits per heavy atom. The van der Waals surface area contributed by atoms with Gasteiger partial charge in [-0.15, -0.1) is 0 Å². The molecule has 0 spiro atoms. The molecule has 1 aliphatic heterocycles. The molecule has 2 heteroatoms. The molecule has 1 N–H and O–H groups in total. The third-order valence-corrected chi connectivity index (χ3v) is 4.10. The van der Waals surface area contributed by atoms with E-state index in [4.69, 9.17) is 0 Å². The van der Waals surface area contributed by atoms with Crippen molar-refractivity contribution in [3.63, 3.8) is 0 Å². The summed E-state index contributed by atoms with van der Waals surface area (Å²) in [4.78, 5) is 2.56. The molecule has 1 aromatic rings. The minimum Gasteiger partial charge on any atom is -0.312 e. The summed E-state index contributed by atoms with van der Waals surface area (Å²) < 4.78 is 0. The Hall–Kier alpha value is -1.12. The average Bonchev–Trinajstić information content (AvgIpc) is 2.47. The lowest BCUT2D eigenvalue weighted by atomic mass is 9.95. The van der Waals surface area contributed by atoms with Gasteiger partial charge in [0.25, 0.3) is 0 Å². The Labute approximate surface area is 130 Å². The topological polar surface area (TPSA) is 15.3 Å². The highest BCUT2D eigenvalue weighted by molar-refractivity contribution is 5.48. The van der Waals surface area contributed by atoms with Gasteiger partial charge in [-0.1, -0.05) is 42.5 Å². The zero-order valence-electron chi connectivity index (χ0n) is 13.8. The largest absolute Gasteiger partial charge is 0.312 e. The Morgan fingerprint density at radius 1 is 1.14 bits per heavy atom. The van der Waals surface area contributed by atoms with E-state index in [0.717, 1.165) is 19.0 Å². The quantitative estimate of drug-likeness (QED) is 0.885. The van der Waals surface area contributed by atoms with E-state index in [9.17, 15) is 0 Å². The van der Waals surface area contributed by atoms with Crippen LogP contribution in [0.2, 0.25) is 0 Å². The second-order valence-electron chi connectivity index (χ2n) is 7.19. The van der Waals surface area contributed by atoms with Crippen molar-refractivity contribution < 1.29 is 0 Å². The molecule has 1 aliphatic rings. The minimum atomic E-state index is 0.246. The molecule has 2 rings (SSSR count). The van der Waals surface area contributed by atoms with Crippen LogP contribution in [0.3, 0.4) is 0 Å². The van der Waals surface area contributed by atoms with Crippen molar-refractivity contribution in [2.45, 2.75) is 39.2 Å². The Bertz CT molecular complexity index is 423. The van der Waals surface area contributed by atoms with Crippen LogP contribution in [0.5, 0.6) is 0 Å². The first kappa shape index (κ1) is 16.3. The SMILES string of the molecule is CC(C)(C)NCC1CCN(CC=Cc2ccccc2)CC1. The maximum absolute atomic E-state index is 3.64. The molecule has 116 valence electrons. The van der Waals surface area contributed by atoms with E-state index in [-0.39, 0.29) is 5.54 Å². The molecule has 0 aromatic heterocycles. The van der Waals surface area contributed by atoms with Crippen LogP contribution in [0, 0.1) is 5.92 Å². The highest BCUT2D eigenvalue weighted by Crippen LogP contribution is 2.17. The second-order valence-corrected chi connectivity index (χ2v) is 7.19. The predicted molar refractivity (Wildman–Crippen MR) is 92.4 cm³/mol. The summed E-state index contributed by atoms with van der Waals surface area (Å²) in [6.45, 7) is 11.4. The summed E-state index contributed by atoms with van der Waals surface area (Å²) >= 11 is 0. The number of piperidine rings is 1. The molecule has 1 aromatic carbocycles. The highest BCUT2D eigenvalue weighted by atomic mass is 15.1. The zero-order valence-corrected chi connectivity index (χ0v) is 13.8. The Morgan fingerprint density at radius 2 is 1.81 bits per heavy atom. The van der Waals surface area contributed by atoms with Gasteiger partial charge in [0.05, 0.1) is 0 Å². The Kier molecular flexibility index (Phi) is 6.01. The van der Waals surface area contributed by atoms with Gasteiger partial charge in [0.1, 0.15) is 0 Å². The molecular weight excluding hydrogens is 256 g/mol.